The van der Waals surface area contributed by atoms with Gasteiger partial charge >= 0.3 is 33.0 Å². The third-order valence-corrected chi connectivity index (χ3v) is 0.775. The van der Waals surface area contributed by atoms with E-state index < -0.39 is 13.8 Å². The van der Waals surface area contributed by atoms with Crippen molar-refractivity contribution < 1.29 is 7.67 Å². The zero-order valence-electron chi connectivity index (χ0n) is 2.55. The summed E-state index contributed by atoms with van der Waals surface area (Å²) < 4.78 is 18.7. The molecule has 0 atom stereocenters. The van der Waals surface area contributed by atoms with Crippen LogP contribution in [0.4, 0.5) is 0 Å². The van der Waals surface area contributed by atoms with Crippen LogP contribution in [0.25, 0.3) is 0 Å². The van der Waals surface area contributed by atoms with Gasteiger partial charge in [-0.25, -0.2) is 0 Å². The summed E-state index contributed by atoms with van der Waals surface area (Å²) in [6, 6.07) is 0. The molecule has 0 aliphatic heterocycles. The summed E-state index contributed by atoms with van der Waals surface area (Å²) in [4.78, 5) is 0.951. The van der Waals surface area contributed by atoms with Crippen LogP contribution in [0.3, 0.4) is 0 Å². The van der Waals surface area contributed by atoms with Crippen LogP contribution in [0, 0.1) is 0 Å². The molecule has 0 aromatic heterocycles. The summed E-state index contributed by atoms with van der Waals surface area (Å²) in [6.07, 6.45) is 0. The van der Waals surface area contributed by atoms with Crippen LogP contribution in [-0.4, -0.2) is 13.8 Å². The van der Waals surface area contributed by atoms with Crippen LogP contribution in [0.5, 0.6) is 0 Å². The second-order valence-electron chi connectivity index (χ2n) is 0.468. The molecular weight excluding hydrogens is 135 g/mol. The van der Waals surface area contributed by atoms with Crippen LogP contribution in [0.1, 0.15) is 0 Å². The van der Waals surface area contributed by atoms with Crippen molar-refractivity contribution in [1.29, 1.82) is 0 Å². The Kier molecular flexibility index (Phi) is 2.06. The van der Waals surface area contributed by atoms with Gasteiger partial charge in [-0.1, -0.05) is 0 Å². The summed E-state index contributed by atoms with van der Waals surface area (Å²) in [7, 11) is 0. The van der Waals surface area contributed by atoms with Crippen molar-refractivity contribution in [2.75, 3.05) is 0 Å². The maximum absolute atomic E-state index is 9.37. The minimum absolute atomic E-state index is 0.951. The molecule has 0 saturated carbocycles. The van der Waals surface area contributed by atoms with Crippen molar-refractivity contribution in [3.05, 3.63) is 11.6 Å². The number of hydrogen-bond acceptors (Lipinski definition) is 2. The van der Waals surface area contributed by atoms with Gasteiger partial charge in [0.05, 0.1) is 0 Å². The van der Waals surface area contributed by atoms with Crippen LogP contribution in [0.2, 0.25) is 0 Å². The maximum atomic E-state index is 9.37. The Morgan fingerprint density at radius 3 is 1.80 bits per heavy atom. The van der Waals surface area contributed by atoms with Gasteiger partial charge in [-0.3, -0.25) is 0 Å². The van der Waals surface area contributed by atoms with E-state index in [4.69, 9.17) is 0 Å². The van der Waals surface area contributed by atoms with E-state index in [1.807, 2.05) is 0 Å². The minimum atomic E-state index is -2.94. The van der Waals surface area contributed by atoms with E-state index in [1.54, 1.807) is 0 Å². The molecule has 0 heterocycles. The summed E-state index contributed by atoms with van der Waals surface area (Å²) in [5.74, 6) is 0. The molecule has 0 radical (unpaired) electrons. The SMILES string of the molecule is C=C[SeH](=O)=O. The van der Waals surface area contributed by atoms with E-state index in [9.17, 15) is 7.67 Å². The molecule has 30 valence electrons. The molecule has 0 spiro atoms. The molecule has 5 heavy (non-hydrogen) atoms. The van der Waals surface area contributed by atoms with Crippen LogP contribution >= 0.6 is 0 Å². The third kappa shape index (κ3) is 3.86. The molecule has 0 aromatic carbocycles. The molecule has 0 rings (SSSR count). The Labute approximate surface area is 33.8 Å². The van der Waals surface area contributed by atoms with Crippen LogP contribution in [-0.2, 0) is 7.67 Å². The first kappa shape index (κ1) is 4.86. The Morgan fingerprint density at radius 1 is 1.60 bits per heavy atom. The first-order valence-corrected chi connectivity index (χ1v) is 3.65. The van der Waals surface area contributed by atoms with Gasteiger partial charge in [0, 0.05) is 0 Å². The molecule has 0 unspecified atom stereocenters. The quantitative estimate of drug-likeness (QED) is 0.471. The fraction of sp³-hybridized carbons (Fsp3) is 0. The van der Waals surface area contributed by atoms with Gasteiger partial charge in [0.25, 0.3) is 0 Å². The van der Waals surface area contributed by atoms with Crippen molar-refractivity contribution in [3.63, 3.8) is 0 Å². The summed E-state index contributed by atoms with van der Waals surface area (Å²) in [5.41, 5.74) is 0. The van der Waals surface area contributed by atoms with E-state index in [-0.39, 0.29) is 0 Å². The second-order valence-corrected chi connectivity index (χ2v) is 2.43. The van der Waals surface area contributed by atoms with E-state index in [0.717, 1.165) is 4.97 Å². The van der Waals surface area contributed by atoms with Crippen molar-refractivity contribution >= 4 is 13.8 Å². The molecule has 0 saturated heterocycles. The van der Waals surface area contributed by atoms with Gasteiger partial charge in [-0.15, -0.1) is 0 Å². The monoisotopic (exact) mass is 140 g/mol. The zero-order chi connectivity index (χ0) is 4.28. The molecule has 0 aliphatic rings. The molecule has 0 fully saturated rings. The van der Waals surface area contributed by atoms with Crippen molar-refractivity contribution in [1.82, 2.24) is 0 Å². The average molecular weight is 139 g/mol. The molecule has 0 bridgehead atoms. The number of rotatable bonds is 1. The molecule has 0 amide bonds. The van der Waals surface area contributed by atoms with Crippen LogP contribution < -0.4 is 0 Å². The third-order valence-electron chi connectivity index (χ3n) is 0.149. The first-order valence-electron chi connectivity index (χ1n) is 1.03. The molecule has 0 N–H and O–H groups in total. The van der Waals surface area contributed by atoms with Crippen molar-refractivity contribution in [2.24, 2.45) is 0 Å². The van der Waals surface area contributed by atoms with Gasteiger partial charge in [0.1, 0.15) is 0 Å². The first-order chi connectivity index (χ1) is 2.27. The molecule has 3 heteroatoms. The Morgan fingerprint density at radius 2 is 1.80 bits per heavy atom. The Bertz CT molecular complexity index is 83.8. The zero-order valence-corrected chi connectivity index (χ0v) is 4.42. The Hall–Kier alpha value is -0.141. The average Bonchev–Trinajstić information content (AvgIpc) is 1.38. The summed E-state index contributed by atoms with van der Waals surface area (Å²) >= 11 is -2.94. The Balaban J connectivity index is 3.69. The fourth-order valence-corrected chi connectivity index (χ4v) is 0. The second kappa shape index (κ2) is 2.12. The molecule has 2 nitrogen and oxygen atoms in total. The van der Waals surface area contributed by atoms with E-state index in [0.29, 0.717) is 0 Å². The molecule has 0 aliphatic carbocycles. The van der Waals surface area contributed by atoms with Crippen molar-refractivity contribution in [2.45, 2.75) is 0 Å². The van der Waals surface area contributed by atoms with Gasteiger partial charge in [0.15, 0.2) is 0 Å². The normalized spacial score (nSPS) is 8.20. The van der Waals surface area contributed by atoms with E-state index >= 15 is 0 Å². The van der Waals surface area contributed by atoms with Gasteiger partial charge in [-0.05, 0) is 0 Å². The predicted octanol–water partition coefficient (Wildman–Crippen LogP) is -0.207. The van der Waals surface area contributed by atoms with Gasteiger partial charge < -0.3 is 0 Å². The summed E-state index contributed by atoms with van der Waals surface area (Å²) in [6.45, 7) is 3.00. The van der Waals surface area contributed by atoms with E-state index in [2.05, 4.69) is 6.58 Å². The summed E-state index contributed by atoms with van der Waals surface area (Å²) in [5, 5.41) is 0. The molecular formula is C2H4O2Se. The molecule has 0 aromatic rings. The van der Waals surface area contributed by atoms with Crippen molar-refractivity contribution in [3.8, 4) is 0 Å². The van der Waals surface area contributed by atoms with E-state index in [1.165, 1.54) is 0 Å². The predicted molar refractivity (Wildman–Crippen MR) is 18.7 cm³/mol. The van der Waals surface area contributed by atoms with Crippen LogP contribution in [0.15, 0.2) is 11.6 Å². The standard InChI is InChI=1S/C2H4O2Se/c1-2-5(3)4/h2,5H,1H2. The van der Waals surface area contributed by atoms with Gasteiger partial charge in [0.2, 0.25) is 0 Å². The van der Waals surface area contributed by atoms with Gasteiger partial charge in [-0.2, -0.15) is 0 Å². The topological polar surface area (TPSA) is 34.1 Å². The number of hydrogen-bond donors (Lipinski definition) is 0. The fourth-order valence-electron chi connectivity index (χ4n) is 0.